The third-order valence-corrected chi connectivity index (χ3v) is 3.47. The molecule has 0 aliphatic carbocycles. The monoisotopic (exact) mass is 213 g/mol. The summed E-state index contributed by atoms with van der Waals surface area (Å²) in [4.78, 5) is 1.45. The molecule has 1 heterocycles. The number of aryl methyl sites for hydroxylation is 1. The smallest absolute Gasteiger partial charge is 0.0474 e. The number of hydrogen-bond acceptors (Lipinski definition) is 3. The molecule has 3 heteroatoms. The summed E-state index contributed by atoms with van der Waals surface area (Å²) in [5, 5.41) is 5.64. The SMILES string of the molecule is COCCCN[C@H](C)c1sccc1C. The Kier molecular flexibility index (Phi) is 5.15. The Morgan fingerprint density at radius 1 is 1.57 bits per heavy atom. The van der Waals surface area contributed by atoms with Crippen molar-refractivity contribution in [3.05, 3.63) is 21.9 Å². The summed E-state index contributed by atoms with van der Waals surface area (Å²) in [7, 11) is 1.74. The minimum atomic E-state index is 0.465. The molecule has 0 bridgehead atoms. The average molecular weight is 213 g/mol. The first-order chi connectivity index (χ1) is 6.75. The quantitative estimate of drug-likeness (QED) is 0.734. The predicted octanol–water partition coefficient (Wildman–Crippen LogP) is 2.74. The van der Waals surface area contributed by atoms with Crippen LogP contribution in [-0.4, -0.2) is 20.3 Å². The molecule has 0 aromatic carbocycles. The van der Waals surface area contributed by atoms with Gasteiger partial charge in [-0.3, -0.25) is 0 Å². The van der Waals surface area contributed by atoms with Crippen LogP contribution in [0.1, 0.15) is 29.8 Å². The van der Waals surface area contributed by atoms with Crippen LogP contribution < -0.4 is 5.32 Å². The van der Waals surface area contributed by atoms with E-state index in [1.807, 2.05) is 11.3 Å². The van der Waals surface area contributed by atoms with Crippen LogP contribution in [0.15, 0.2) is 11.4 Å². The molecule has 2 nitrogen and oxygen atoms in total. The van der Waals surface area contributed by atoms with Crippen molar-refractivity contribution in [2.75, 3.05) is 20.3 Å². The van der Waals surface area contributed by atoms with Crippen LogP contribution in [-0.2, 0) is 4.74 Å². The van der Waals surface area contributed by atoms with E-state index in [9.17, 15) is 0 Å². The van der Waals surface area contributed by atoms with Crippen LogP contribution in [0.3, 0.4) is 0 Å². The van der Waals surface area contributed by atoms with Crippen molar-refractivity contribution in [1.82, 2.24) is 5.32 Å². The molecule has 0 unspecified atom stereocenters. The van der Waals surface area contributed by atoms with Gasteiger partial charge in [-0.1, -0.05) is 0 Å². The molecule has 0 saturated carbocycles. The Morgan fingerprint density at radius 3 is 2.93 bits per heavy atom. The Hall–Kier alpha value is -0.380. The second kappa shape index (κ2) is 6.17. The van der Waals surface area contributed by atoms with Gasteiger partial charge in [0.25, 0.3) is 0 Å². The summed E-state index contributed by atoms with van der Waals surface area (Å²) in [5.41, 5.74) is 1.39. The van der Waals surface area contributed by atoms with E-state index < -0.39 is 0 Å². The molecule has 1 rings (SSSR count). The molecule has 0 aliphatic heterocycles. The molecule has 0 aliphatic rings. The summed E-state index contributed by atoms with van der Waals surface area (Å²) >= 11 is 1.83. The van der Waals surface area contributed by atoms with Gasteiger partial charge in [0.05, 0.1) is 0 Å². The Bertz CT molecular complexity index is 260. The van der Waals surface area contributed by atoms with E-state index in [1.54, 1.807) is 7.11 Å². The van der Waals surface area contributed by atoms with Crippen molar-refractivity contribution in [1.29, 1.82) is 0 Å². The predicted molar refractivity (Wildman–Crippen MR) is 62.0 cm³/mol. The van der Waals surface area contributed by atoms with E-state index in [0.717, 1.165) is 19.6 Å². The zero-order valence-electron chi connectivity index (χ0n) is 9.17. The molecule has 0 amide bonds. The summed E-state index contributed by atoms with van der Waals surface area (Å²) < 4.78 is 5.00. The Balaban J connectivity index is 2.28. The maximum Gasteiger partial charge on any atom is 0.0474 e. The van der Waals surface area contributed by atoms with Gasteiger partial charge in [-0.2, -0.15) is 0 Å². The van der Waals surface area contributed by atoms with Crippen LogP contribution in [0, 0.1) is 6.92 Å². The van der Waals surface area contributed by atoms with Gasteiger partial charge in [0.15, 0.2) is 0 Å². The molecule has 1 atom stereocenters. The normalized spacial score (nSPS) is 13.1. The highest BCUT2D eigenvalue weighted by Gasteiger charge is 2.07. The van der Waals surface area contributed by atoms with Crippen LogP contribution in [0.25, 0.3) is 0 Å². The lowest BCUT2D eigenvalue weighted by molar-refractivity contribution is 0.193. The van der Waals surface area contributed by atoms with Crippen molar-refractivity contribution in [2.24, 2.45) is 0 Å². The lowest BCUT2D eigenvalue weighted by Crippen LogP contribution is -2.20. The average Bonchev–Trinajstić information content (AvgIpc) is 2.59. The molecular weight excluding hydrogens is 194 g/mol. The Morgan fingerprint density at radius 2 is 2.36 bits per heavy atom. The number of hydrogen-bond donors (Lipinski definition) is 1. The third kappa shape index (κ3) is 3.40. The van der Waals surface area contributed by atoms with Gasteiger partial charge in [-0.25, -0.2) is 0 Å². The van der Waals surface area contributed by atoms with Crippen molar-refractivity contribution >= 4 is 11.3 Å². The minimum absolute atomic E-state index is 0.465. The van der Waals surface area contributed by atoms with Gasteiger partial charge in [0, 0.05) is 24.6 Å². The van der Waals surface area contributed by atoms with Crippen LogP contribution in [0.4, 0.5) is 0 Å². The van der Waals surface area contributed by atoms with E-state index in [-0.39, 0.29) is 0 Å². The van der Waals surface area contributed by atoms with Gasteiger partial charge < -0.3 is 10.1 Å². The third-order valence-electron chi connectivity index (χ3n) is 2.27. The first-order valence-corrected chi connectivity index (χ1v) is 5.90. The van der Waals surface area contributed by atoms with E-state index in [1.165, 1.54) is 10.4 Å². The highest BCUT2D eigenvalue weighted by molar-refractivity contribution is 7.10. The Labute approximate surface area is 90.3 Å². The number of rotatable bonds is 6. The fourth-order valence-electron chi connectivity index (χ4n) is 1.46. The van der Waals surface area contributed by atoms with Crippen molar-refractivity contribution < 1.29 is 4.74 Å². The van der Waals surface area contributed by atoms with Crippen LogP contribution in [0.2, 0.25) is 0 Å². The van der Waals surface area contributed by atoms with Crippen molar-refractivity contribution in [3.63, 3.8) is 0 Å². The number of methoxy groups -OCH3 is 1. The molecule has 14 heavy (non-hydrogen) atoms. The van der Waals surface area contributed by atoms with Crippen LogP contribution >= 0.6 is 11.3 Å². The zero-order valence-corrected chi connectivity index (χ0v) is 9.99. The maximum atomic E-state index is 5.00. The summed E-state index contributed by atoms with van der Waals surface area (Å²) in [6.45, 7) is 6.24. The standard InChI is InChI=1S/C11H19NOS/c1-9-5-8-14-11(9)10(2)12-6-4-7-13-3/h5,8,10,12H,4,6-7H2,1-3H3/t10-/m1/s1. The molecule has 1 aromatic rings. The molecular formula is C11H19NOS. The number of ether oxygens (including phenoxy) is 1. The number of thiophene rings is 1. The van der Waals surface area contributed by atoms with Gasteiger partial charge in [0.2, 0.25) is 0 Å². The van der Waals surface area contributed by atoms with Gasteiger partial charge >= 0.3 is 0 Å². The zero-order chi connectivity index (χ0) is 10.4. The van der Waals surface area contributed by atoms with Crippen LogP contribution in [0.5, 0.6) is 0 Å². The van der Waals surface area contributed by atoms with Gasteiger partial charge in [-0.05, 0) is 43.8 Å². The maximum absolute atomic E-state index is 5.00. The van der Waals surface area contributed by atoms with Gasteiger partial charge in [-0.15, -0.1) is 11.3 Å². The summed E-state index contributed by atoms with van der Waals surface area (Å²) in [5.74, 6) is 0. The second-order valence-electron chi connectivity index (χ2n) is 3.49. The fraction of sp³-hybridized carbons (Fsp3) is 0.636. The molecule has 1 N–H and O–H groups in total. The van der Waals surface area contributed by atoms with E-state index >= 15 is 0 Å². The summed E-state index contributed by atoms with van der Waals surface area (Å²) in [6.07, 6.45) is 1.07. The highest BCUT2D eigenvalue weighted by Crippen LogP contribution is 2.23. The molecule has 0 radical (unpaired) electrons. The summed E-state index contributed by atoms with van der Waals surface area (Å²) in [6, 6.07) is 2.64. The molecule has 80 valence electrons. The molecule has 1 aromatic heterocycles. The second-order valence-corrected chi connectivity index (χ2v) is 4.44. The first-order valence-electron chi connectivity index (χ1n) is 5.02. The lowest BCUT2D eigenvalue weighted by atomic mass is 10.2. The fourth-order valence-corrected chi connectivity index (χ4v) is 2.42. The van der Waals surface area contributed by atoms with E-state index in [2.05, 4.69) is 30.6 Å². The minimum Gasteiger partial charge on any atom is -0.385 e. The molecule has 0 saturated heterocycles. The van der Waals surface area contributed by atoms with Crippen molar-refractivity contribution in [3.8, 4) is 0 Å². The van der Waals surface area contributed by atoms with Gasteiger partial charge in [0.1, 0.15) is 0 Å². The first kappa shape index (κ1) is 11.7. The largest absolute Gasteiger partial charge is 0.385 e. The van der Waals surface area contributed by atoms with E-state index in [0.29, 0.717) is 6.04 Å². The lowest BCUT2D eigenvalue weighted by Gasteiger charge is -2.12. The number of nitrogens with one attached hydrogen (secondary N) is 1. The van der Waals surface area contributed by atoms with E-state index in [4.69, 9.17) is 4.74 Å². The molecule has 0 fully saturated rings. The van der Waals surface area contributed by atoms with Crippen molar-refractivity contribution in [2.45, 2.75) is 26.3 Å². The highest BCUT2D eigenvalue weighted by atomic mass is 32.1. The topological polar surface area (TPSA) is 21.3 Å². The molecule has 0 spiro atoms.